The predicted molar refractivity (Wildman–Crippen MR) is 89.0 cm³/mol. The lowest BCUT2D eigenvalue weighted by molar-refractivity contribution is 0.549. The minimum absolute atomic E-state index is 0.169. The summed E-state index contributed by atoms with van der Waals surface area (Å²) in [7, 11) is 0. The van der Waals surface area contributed by atoms with Gasteiger partial charge in [0.1, 0.15) is 17.3 Å². The average Bonchev–Trinajstić information content (AvgIpc) is 2.59. The van der Waals surface area contributed by atoms with Gasteiger partial charge in [0.15, 0.2) is 11.6 Å². The van der Waals surface area contributed by atoms with Crippen molar-refractivity contribution in [2.45, 2.75) is 6.92 Å². The Labute approximate surface area is 142 Å². The lowest BCUT2D eigenvalue weighted by Gasteiger charge is -2.12. The van der Waals surface area contributed by atoms with E-state index in [1.165, 1.54) is 0 Å². The van der Waals surface area contributed by atoms with Gasteiger partial charge < -0.3 is 10.6 Å². The summed E-state index contributed by atoms with van der Waals surface area (Å²) in [4.78, 5) is 12.5. The van der Waals surface area contributed by atoms with Gasteiger partial charge >= 0.3 is 0 Å². The number of pyridine rings is 1. The standard InChI is InChI=1S/C17H14F3N5/c1-2-22-17-23-14(10-3-5-21-6-4-10)9-15(25-17)24-16-12(19)7-11(18)8-13(16)20/h3-9H,2H2,1H3,(H2,22,23,24,25). The van der Waals surface area contributed by atoms with Gasteiger partial charge in [0, 0.05) is 42.7 Å². The van der Waals surface area contributed by atoms with E-state index >= 15 is 0 Å². The summed E-state index contributed by atoms with van der Waals surface area (Å²) in [5.41, 5.74) is 0.821. The van der Waals surface area contributed by atoms with Crippen LogP contribution in [-0.4, -0.2) is 21.5 Å². The van der Waals surface area contributed by atoms with Gasteiger partial charge in [-0.3, -0.25) is 4.98 Å². The first-order chi connectivity index (χ1) is 12.1. The molecule has 3 rings (SSSR count). The SMILES string of the molecule is CCNc1nc(Nc2c(F)cc(F)cc2F)cc(-c2ccncc2)n1. The lowest BCUT2D eigenvalue weighted by Crippen LogP contribution is -2.07. The Morgan fingerprint density at radius 3 is 2.28 bits per heavy atom. The Balaban J connectivity index is 2.03. The fraction of sp³-hybridized carbons (Fsp3) is 0.118. The van der Waals surface area contributed by atoms with E-state index in [1.807, 2.05) is 6.92 Å². The number of hydrogen-bond donors (Lipinski definition) is 2. The van der Waals surface area contributed by atoms with Crippen molar-refractivity contribution in [2.75, 3.05) is 17.2 Å². The molecule has 2 aromatic heterocycles. The maximum Gasteiger partial charge on any atom is 0.225 e. The molecule has 3 aromatic rings. The molecular weight excluding hydrogens is 331 g/mol. The monoisotopic (exact) mass is 345 g/mol. The summed E-state index contributed by atoms with van der Waals surface area (Å²) >= 11 is 0. The van der Waals surface area contributed by atoms with Crippen LogP contribution in [0.5, 0.6) is 0 Å². The summed E-state index contributed by atoms with van der Waals surface area (Å²) < 4.78 is 40.8. The van der Waals surface area contributed by atoms with Crippen LogP contribution >= 0.6 is 0 Å². The number of nitrogens with one attached hydrogen (secondary N) is 2. The Bertz CT molecular complexity index is 864. The van der Waals surface area contributed by atoms with E-state index in [1.54, 1.807) is 30.6 Å². The number of aromatic nitrogens is 3. The molecule has 0 aliphatic heterocycles. The number of nitrogens with zero attached hydrogens (tertiary/aromatic N) is 3. The second kappa shape index (κ2) is 7.16. The largest absolute Gasteiger partial charge is 0.354 e. The summed E-state index contributed by atoms with van der Waals surface area (Å²) in [5, 5.41) is 5.51. The maximum atomic E-state index is 13.9. The molecule has 1 aromatic carbocycles. The third-order valence-corrected chi connectivity index (χ3v) is 3.30. The van der Waals surface area contributed by atoms with Crippen molar-refractivity contribution in [2.24, 2.45) is 0 Å². The van der Waals surface area contributed by atoms with E-state index in [2.05, 4.69) is 25.6 Å². The fourth-order valence-electron chi connectivity index (χ4n) is 2.21. The van der Waals surface area contributed by atoms with Gasteiger partial charge in [-0.05, 0) is 19.1 Å². The van der Waals surface area contributed by atoms with Crippen LogP contribution in [0.4, 0.5) is 30.6 Å². The van der Waals surface area contributed by atoms with E-state index in [4.69, 9.17) is 0 Å². The molecule has 0 aliphatic carbocycles. The smallest absolute Gasteiger partial charge is 0.225 e. The Morgan fingerprint density at radius 2 is 1.64 bits per heavy atom. The fourth-order valence-corrected chi connectivity index (χ4v) is 2.21. The second-order valence-corrected chi connectivity index (χ2v) is 5.10. The summed E-state index contributed by atoms with van der Waals surface area (Å²) in [6.45, 7) is 2.44. The number of rotatable bonds is 5. The van der Waals surface area contributed by atoms with Crippen LogP contribution in [0.25, 0.3) is 11.3 Å². The number of hydrogen-bond acceptors (Lipinski definition) is 5. The van der Waals surface area contributed by atoms with Crippen LogP contribution in [0, 0.1) is 17.5 Å². The van der Waals surface area contributed by atoms with Crippen LogP contribution in [0.15, 0.2) is 42.7 Å². The van der Waals surface area contributed by atoms with Gasteiger partial charge in [-0.2, -0.15) is 4.98 Å². The first-order valence-electron chi connectivity index (χ1n) is 7.51. The molecule has 0 atom stereocenters. The molecule has 0 fully saturated rings. The van der Waals surface area contributed by atoms with E-state index in [-0.39, 0.29) is 5.82 Å². The summed E-state index contributed by atoms with van der Waals surface area (Å²) in [5.74, 6) is -2.63. The maximum absolute atomic E-state index is 13.9. The zero-order valence-electron chi connectivity index (χ0n) is 13.2. The molecular formula is C17H14F3N5. The molecule has 0 saturated carbocycles. The lowest BCUT2D eigenvalue weighted by atomic mass is 10.2. The van der Waals surface area contributed by atoms with E-state index < -0.39 is 23.1 Å². The van der Waals surface area contributed by atoms with Gasteiger partial charge in [-0.15, -0.1) is 0 Å². The van der Waals surface area contributed by atoms with Crippen molar-refractivity contribution in [1.82, 2.24) is 15.0 Å². The van der Waals surface area contributed by atoms with Gasteiger partial charge in [0.2, 0.25) is 5.95 Å². The third-order valence-electron chi connectivity index (χ3n) is 3.30. The average molecular weight is 345 g/mol. The van der Waals surface area contributed by atoms with Crippen molar-refractivity contribution in [3.8, 4) is 11.3 Å². The van der Waals surface area contributed by atoms with Gasteiger partial charge in [0.05, 0.1) is 5.69 Å². The molecule has 5 nitrogen and oxygen atoms in total. The molecule has 8 heteroatoms. The van der Waals surface area contributed by atoms with Crippen LogP contribution in [0.2, 0.25) is 0 Å². The van der Waals surface area contributed by atoms with Crippen molar-refractivity contribution in [3.63, 3.8) is 0 Å². The minimum atomic E-state index is -1.05. The molecule has 0 bridgehead atoms. The molecule has 0 saturated heterocycles. The van der Waals surface area contributed by atoms with E-state index in [9.17, 15) is 13.2 Å². The first-order valence-corrected chi connectivity index (χ1v) is 7.51. The number of anilines is 3. The first kappa shape index (κ1) is 16.7. The molecule has 0 amide bonds. The molecule has 0 spiro atoms. The highest BCUT2D eigenvalue weighted by molar-refractivity contribution is 5.67. The Kier molecular flexibility index (Phi) is 4.78. The number of benzene rings is 1. The van der Waals surface area contributed by atoms with E-state index in [0.29, 0.717) is 30.3 Å². The van der Waals surface area contributed by atoms with Crippen molar-refractivity contribution in [3.05, 3.63) is 60.2 Å². The van der Waals surface area contributed by atoms with Crippen LogP contribution in [-0.2, 0) is 0 Å². The van der Waals surface area contributed by atoms with Crippen molar-refractivity contribution >= 4 is 17.5 Å². The van der Waals surface area contributed by atoms with Crippen molar-refractivity contribution < 1.29 is 13.2 Å². The number of halogens is 3. The predicted octanol–water partition coefficient (Wildman–Crippen LogP) is 4.13. The van der Waals surface area contributed by atoms with Crippen molar-refractivity contribution in [1.29, 1.82) is 0 Å². The summed E-state index contributed by atoms with van der Waals surface area (Å²) in [6, 6.07) is 6.24. The quantitative estimate of drug-likeness (QED) is 0.728. The zero-order valence-corrected chi connectivity index (χ0v) is 13.2. The molecule has 2 N–H and O–H groups in total. The highest BCUT2D eigenvalue weighted by Crippen LogP contribution is 2.26. The van der Waals surface area contributed by atoms with E-state index in [0.717, 1.165) is 5.56 Å². The van der Waals surface area contributed by atoms with Crippen LogP contribution in [0.1, 0.15) is 6.92 Å². The summed E-state index contributed by atoms with van der Waals surface area (Å²) in [6.07, 6.45) is 3.22. The molecule has 25 heavy (non-hydrogen) atoms. The molecule has 0 unspecified atom stereocenters. The highest BCUT2D eigenvalue weighted by atomic mass is 19.1. The normalized spacial score (nSPS) is 10.6. The topological polar surface area (TPSA) is 62.7 Å². The van der Waals surface area contributed by atoms with Crippen LogP contribution < -0.4 is 10.6 Å². The molecule has 128 valence electrons. The van der Waals surface area contributed by atoms with Crippen LogP contribution in [0.3, 0.4) is 0 Å². The third kappa shape index (κ3) is 3.85. The molecule has 2 heterocycles. The zero-order chi connectivity index (χ0) is 17.8. The second-order valence-electron chi connectivity index (χ2n) is 5.10. The Hall–Kier alpha value is -3.16. The Morgan fingerprint density at radius 1 is 0.960 bits per heavy atom. The van der Waals surface area contributed by atoms with Gasteiger partial charge in [0.25, 0.3) is 0 Å². The molecule has 0 radical (unpaired) electrons. The van der Waals surface area contributed by atoms with Gasteiger partial charge in [-0.1, -0.05) is 0 Å². The van der Waals surface area contributed by atoms with Gasteiger partial charge in [-0.25, -0.2) is 18.2 Å². The highest BCUT2D eigenvalue weighted by Gasteiger charge is 2.14. The molecule has 0 aliphatic rings. The minimum Gasteiger partial charge on any atom is -0.354 e.